The summed E-state index contributed by atoms with van der Waals surface area (Å²) in [7, 11) is 1.44. The lowest BCUT2D eigenvalue weighted by atomic mass is 9.85. The molecule has 1 aliphatic heterocycles. The van der Waals surface area contributed by atoms with Crippen LogP contribution in [0.2, 0.25) is 0 Å². The minimum Gasteiger partial charge on any atom is -0.465 e. The molecule has 0 bridgehead atoms. The van der Waals surface area contributed by atoms with E-state index in [9.17, 15) is 9.90 Å². The van der Waals surface area contributed by atoms with Gasteiger partial charge in [-0.25, -0.2) is 4.79 Å². The Morgan fingerprint density at radius 1 is 1.15 bits per heavy atom. The second-order valence-electron chi connectivity index (χ2n) is 8.17. The van der Waals surface area contributed by atoms with Gasteiger partial charge < -0.3 is 9.84 Å². The number of thioether (sulfide) groups is 1. The van der Waals surface area contributed by atoms with Gasteiger partial charge in [0.05, 0.1) is 18.1 Å². The zero-order valence-electron chi connectivity index (χ0n) is 17.0. The van der Waals surface area contributed by atoms with Crippen LogP contribution in [0.25, 0.3) is 0 Å². The number of carbonyl (C=O) groups is 1. The first kappa shape index (κ1) is 23.1. The van der Waals surface area contributed by atoms with Crippen molar-refractivity contribution in [1.29, 1.82) is 0 Å². The van der Waals surface area contributed by atoms with Gasteiger partial charge in [-0.05, 0) is 43.9 Å². The maximum Gasteiger partial charge on any atom is 0.344 e. The van der Waals surface area contributed by atoms with Crippen LogP contribution in [0.5, 0.6) is 0 Å². The van der Waals surface area contributed by atoms with Crippen LogP contribution in [0.15, 0.2) is 11.0 Å². The standard InChI is InChI=1S/C22H37ClO3S/c1-3-4-5-6-7-8-11-18-17(19(23)15-20(18)24)12-9-10-16-13-14-21(27-16)22(25)26-2/h14,16-20,24H,3-13,15H2,1-2H3/t16?,17-,18?,19?,20-/m1/s1. The van der Waals surface area contributed by atoms with Crippen LogP contribution < -0.4 is 0 Å². The Hall–Kier alpha value is -0.190. The van der Waals surface area contributed by atoms with Crippen molar-refractivity contribution >= 4 is 29.3 Å². The molecule has 5 atom stereocenters. The number of esters is 1. The second kappa shape index (κ2) is 12.4. The Kier molecular flexibility index (Phi) is 10.6. The third kappa shape index (κ3) is 7.29. The molecule has 2 rings (SSSR count). The average Bonchev–Trinajstić information content (AvgIpc) is 3.23. The minimum atomic E-state index is -0.221. The molecule has 0 spiro atoms. The first-order chi connectivity index (χ1) is 13.1. The van der Waals surface area contributed by atoms with Crippen molar-refractivity contribution in [2.24, 2.45) is 11.8 Å². The van der Waals surface area contributed by atoms with Gasteiger partial charge in [-0.1, -0.05) is 57.9 Å². The van der Waals surface area contributed by atoms with Gasteiger partial charge in [-0.15, -0.1) is 23.4 Å². The summed E-state index contributed by atoms with van der Waals surface area (Å²) in [6.45, 7) is 2.25. The molecular formula is C22H37ClO3S. The van der Waals surface area contributed by atoms with Crippen molar-refractivity contribution in [3.8, 4) is 0 Å². The lowest BCUT2D eigenvalue weighted by molar-refractivity contribution is -0.135. The molecule has 3 nitrogen and oxygen atoms in total. The van der Waals surface area contributed by atoms with E-state index in [-0.39, 0.29) is 17.5 Å². The van der Waals surface area contributed by atoms with Gasteiger partial charge in [-0.3, -0.25) is 0 Å². The number of aliphatic hydroxyl groups excluding tert-OH is 1. The highest BCUT2D eigenvalue weighted by Gasteiger charge is 2.40. The highest BCUT2D eigenvalue weighted by atomic mass is 35.5. The summed E-state index contributed by atoms with van der Waals surface area (Å²) < 4.78 is 4.80. The zero-order chi connectivity index (χ0) is 19.6. The SMILES string of the molecule is CCCCCCCCC1[C@@H](CCCC2CC=C(C(=O)OC)S2)C(Cl)C[C@H]1O. The van der Waals surface area contributed by atoms with E-state index < -0.39 is 0 Å². The highest BCUT2D eigenvalue weighted by molar-refractivity contribution is 8.04. The molecule has 2 aliphatic rings. The largest absolute Gasteiger partial charge is 0.465 e. The molecule has 3 unspecified atom stereocenters. The van der Waals surface area contributed by atoms with Gasteiger partial charge in [-0.2, -0.15) is 0 Å². The van der Waals surface area contributed by atoms with Gasteiger partial charge in [0, 0.05) is 10.6 Å². The van der Waals surface area contributed by atoms with E-state index in [4.69, 9.17) is 16.3 Å². The first-order valence-electron chi connectivity index (χ1n) is 10.8. The topological polar surface area (TPSA) is 46.5 Å². The van der Waals surface area contributed by atoms with Crippen LogP contribution in [0.3, 0.4) is 0 Å². The molecule has 0 amide bonds. The smallest absolute Gasteiger partial charge is 0.344 e. The van der Waals surface area contributed by atoms with E-state index in [1.807, 2.05) is 6.08 Å². The van der Waals surface area contributed by atoms with Crippen molar-refractivity contribution in [3.63, 3.8) is 0 Å². The molecule has 0 aromatic rings. The summed E-state index contributed by atoms with van der Waals surface area (Å²) in [6, 6.07) is 0. The van der Waals surface area contributed by atoms with Gasteiger partial charge in [0.15, 0.2) is 0 Å². The fourth-order valence-electron chi connectivity index (χ4n) is 4.60. The molecule has 1 N–H and O–H groups in total. The number of allylic oxidation sites excluding steroid dienone is 1. The van der Waals surface area contributed by atoms with Crippen LogP contribution in [-0.2, 0) is 9.53 Å². The van der Waals surface area contributed by atoms with E-state index in [1.165, 1.54) is 45.6 Å². The van der Waals surface area contributed by atoms with E-state index in [0.717, 1.165) is 43.4 Å². The van der Waals surface area contributed by atoms with Gasteiger partial charge in [0.1, 0.15) is 0 Å². The summed E-state index contributed by atoms with van der Waals surface area (Å²) in [5, 5.41) is 11.1. The van der Waals surface area contributed by atoms with Crippen molar-refractivity contribution in [2.75, 3.05) is 7.11 Å². The molecule has 1 saturated carbocycles. The van der Waals surface area contributed by atoms with Crippen LogP contribution in [-0.4, -0.2) is 34.9 Å². The molecule has 0 radical (unpaired) electrons. The highest BCUT2D eigenvalue weighted by Crippen LogP contribution is 2.43. The Morgan fingerprint density at radius 3 is 2.59 bits per heavy atom. The lowest BCUT2D eigenvalue weighted by Gasteiger charge is -2.24. The summed E-state index contributed by atoms with van der Waals surface area (Å²) in [4.78, 5) is 12.4. The third-order valence-corrected chi connectivity index (χ3v) is 8.03. The molecule has 1 heterocycles. The molecule has 156 valence electrons. The number of carbonyl (C=O) groups excluding carboxylic acids is 1. The average molecular weight is 417 g/mol. The summed E-state index contributed by atoms with van der Waals surface area (Å²) in [6.07, 6.45) is 15.7. The molecule has 27 heavy (non-hydrogen) atoms. The van der Waals surface area contributed by atoms with E-state index in [0.29, 0.717) is 17.1 Å². The number of ether oxygens (including phenoxy) is 1. The fourth-order valence-corrected chi connectivity index (χ4v) is 6.30. The molecular weight excluding hydrogens is 380 g/mol. The monoisotopic (exact) mass is 416 g/mol. The van der Waals surface area contributed by atoms with Crippen molar-refractivity contribution in [2.45, 2.75) is 101 Å². The predicted molar refractivity (Wildman–Crippen MR) is 115 cm³/mol. The fraction of sp³-hybridized carbons (Fsp3) is 0.864. The quantitative estimate of drug-likeness (QED) is 0.238. The number of hydrogen-bond donors (Lipinski definition) is 1. The van der Waals surface area contributed by atoms with Crippen molar-refractivity contribution in [1.82, 2.24) is 0 Å². The van der Waals surface area contributed by atoms with Gasteiger partial charge in [0.25, 0.3) is 0 Å². The van der Waals surface area contributed by atoms with Gasteiger partial charge >= 0.3 is 5.97 Å². The number of methoxy groups -OCH3 is 1. The number of alkyl halides is 1. The molecule has 1 aliphatic carbocycles. The van der Waals surface area contributed by atoms with Crippen LogP contribution in [0.4, 0.5) is 0 Å². The van der Waals surface area contributed by atoms with E-state index in [1.54, 1.807) is 11.8 Å². The number of hydrogen-bond acceptors (Lipinski definition) is 4. The molecule has 0 aromatic heterocycles. The number of aliphatic hydroxyl groups is 1. The van der Waals surface area contributed by atoms with E-state index >= 15 is 0 Å². The molecule has 5 heteroatoms. The molecule has 0 aromatic carbocycles. The summed E-state index contributed by atoms with van der Waals surface area (Å²) in [5.41, 5.74) is 0. The van der Waals surface area contributed by atoms with Crippen LogP contribution in [0.1, 0.15) is 84.0 Å². The van der Waals surface area contributed by atoms with Crippen molar-refractivity contribution < 1.29 is 14.6 Å². The third-order valence-electron chi connectivity index (χ3n) is 6.18. The van der Waals surface area contributed by atoms with E-state index in [2.05, 4.69) is 6.92 Å². The van der Waals surface area contributed by atoms with Crippen molar-refractivity contribution in [3.05, 3.63) is 11.0 Å². The maximum absolute atomic E-state index is 11.6. The molecule has 0 saturated heterocycles. The number of unbranched alkanes of at least 4 members (excludes halogenated alkanes) is 5. The normalized spacial score (nSPS) is 30.5. The second-order valence-corrected chi connectivity index (χ2v) is 10.1. The Bertz CT molecular complexity index is 482. The maximum atomic E-state index is 11.6. The first-order valence-corrected chi connectivity index (χ1v) is 12.2. The van der Waals surface area contributed by atoms with Crippen LogP contribution in [0, 0.1) is 11.8 Å². The zero-order valence-corrected chi connectivity index (χ0v) is 18.6. The minimum absolute atomic E-state index is 0.116. The summed E-state index contributed by atoms with van der Waals surface area (Å²) in [5.74, 6) is 0.608. The Labute approximate surface area is 174 Å². The Balaban J connectivity index is 1.68. The van der Waals surface area contributed by atoms with Gasteiger partial charge in [0.2, 0.25) is 0 Å². The summed E-state index contributed by atoms with van der Waals surface area (Å²) >= 11 is 8.25. The molecule has 1 fully saturated rings. The number of rotatable bonds is 12. The van der Waals surface area contributed by atoms with Crippen LogP contribution >= 0.6 is 23.4 Å². The number of halogens is 1. The Morgan fingerprint density at radius 2 is 1.85 bits per heavy atom. The lowest BCUT2D eigenvalue weighted by Crippen LogP contribution is -2.21. The predicted octanol–water partition coefficient (Wildman–Crippen LogP) is 6.07.